The summed E-state index contributed by atoms with van der Waals surface area (Å²) in [4.78, 5) is 9.91. The fourth-order valence-corrected chi connectivity index (χ4v) is 8.19. The molecular weight excluding hydrogens is 372 g/mol. The van der Waals surface area contributed by atoms with Crippen molar-refractivity contribution in [2.75, 3.05) is 6.61 Å². The van der Waals surface area contributed by atoms with Gasteiger partial charge in [-0.2, -0.15) is 0 Å². The Hall–Kier alpha value is -1.32. The van der Waals surface area contributed by atoms with Crippen LogP contribution in [0, 0.1) is 47.3 Å². The van der Waals surface area contributed by atoms with E-state index < -0.39 is 0 Å². The molecule has 4 nitrogen and oxygen atoms in total. The van der Waals surface area contributed by atoms with Gasteiger partial charge >= 0.3 is 0 Å². The second-order valence-electron chi connectivity index (χ2n) is 11.5. The predicted octanol–water partition coefficient (Wildman–Crippen LogP) is 6.58. The Balaban J connectivity index is 1.21. The molecule has 0 saturated heterocycles. The molecule has 1 heterocycles. The summed E-state index contributed by atoms with van der Waals surface area (Å²) in [6, 6.07) is 0. The molecule has 0 N–H and O–H groups in total. The van der Waals surface area contributed by atoms with Gasteiger partial charge in [-0.05, 0) is 105 Å². The van der Waals surface area contributed by atoms with E-state index in [9.17, 15) is 0 Å². The molecule has 0 aromatic carbocycles. The first-order valence-electron chi connectivity index (χ1n) is 12.5. The van der Waals surface area contributed by atoms with Crippen molar-refractivity contribution in [1.29, 1.82) is 0 Å². The summed E-state index contributed by atoms with van der Waals surface area (Å²) >= 11 is 0. The quantitative estimate of drug-likeness (QED) is 0.415. The largest absolute Gasteiger partial charge is 0.446 e. The van der Waals surface area contributed by atoms with Gasteiger partial charge in [0.05, 0.1) is 18.3 Å². The lowest BCUT2D eigenvalue weighted by Crippen LogP contribution is -2.53. The summed E-state index contributed by atoms with van der Waals surface area (Å²) in [5, 5.41) is 4.55. The van der Waals surface area contributed by atoms with Crippen LogP contribution in [0.4, 0.5) is 0 Å². The Bertz CT molecular complexity index is 801. The van der Waals surface area contributed by atoms with Crippen molar-refractivity contribution < 1.29 is 9.25 Å². The third-order valence-corrected chi connectivity index (χ3v) is 10.2. The second-order valence-corrected chi connectivity index (χ2v) is 11.5. The molecule has 0 bridgehead atoms. The molecule has 4 fully saturated rings. The summed E-state index contributed by atoms with van der Waals surface area (Å²) in [6.07, 6.45) is 14.8. The van der Waals surface area contributed by atoms with Crippen LogP contribution in [-0.4, -0.2) is 17.3 Å². The lowest BCUT2D eigenvalue weighted by atomic mass is 9.45. The molecular formula is C26H40N2O2. The second kappa shape index (κ2) is 7.67. The molecule has 166 valence electrons. The standard InChI is InChI=1S/C26H40N2O2/c1-17-5-8-22-21-7-6-19-15-20(28-29-14-11-24-27-16-18(2)30-24)9-12-26(19,4)23(21)10-13-25(17,22)3/h16-17,19,21-23H,5-15H2,1-4H3/t17-,19?,21?,22?,23?,25+,26-/m0/s1. The van der Waals surface area contributed by atoms with Gasteiger partial charge in [-0.1, -0.05) is 25.9 Å². The molecule has 0 spiro atoms. The van der Waals surface area contributed by atoms with Crippen LogP contribution in [0.5, 0.6) is 0 Å². The van der Waals surface area contributed by atoms with Crippen LogP contribution >= 0.6 is 0 Å². The van der Waals surface area contributed by atoms with E-state index in [1.165, 1.54) is 50.7 Å². The fraction of sp³-hybridized carbons (Fsp3) is 0.846. The summed E-state index contributed by atoms with van der Waals surface area (Å²) in [5.41, 5.74) is 2.43. The molecule has 1 aromatic heterocycles. The average Bonchev–Trinajstić information content (AvgIpc) is 3.28. The van der Waals surface area contributed by atoms with E-state index >= 15 is 0 Å². The van der Waals surface area contributed by atoms with E-state index in [1.54, 1.807) is 6.20 Å². The zero-order valence-electron chi connectivity index (χ0n) is 19.5. The van der Waals surface area contributed by atoms with Gasteiger partial charge in [0, 0.05) is 0 Å². The van der Waals surface area contributed by atoms with Gasteiger partial charge in [0.1, 0.15) is 12.4 Å². The highest BCUT2D eigenvalue weighted by atomic mass is 16.6. The number of oxime groups is 1. The van der Waals surface area contributed by atoms with Crippen molar-refractivity contribution in [1.82, 2.24) is 4.98 Å². The minimum Gasteiger partial charge on any atom is -0.446 e. The maximum atomic E-state index is 5.68. The van der Waals surface area contributed by atoms with Gasteiger partial charge in [-0.25, -0.2) is 4.98 Å². The van der Waals surface area contributed by atoms with Crippen molar-refractivity contribution in [2.24, 2.45) is 45.6 Å². The molecule has 1 aromatic rings. The molecule has 4 aliphatic rings. The highest BCUT2D eigenvalue weighted by Crippen LogP contribution is 2.67. The number of rotatable bonds is 4. The molecule has 4 unspecified atom stereocenters. The monoisotopic (exact) mass is 412 g/mol. The van der Waals surface area contributed by atoms with Crippen LogP contribution in [0.15, 0.2) is 15.8 Å². The van der Waals surface area contributed by atoms with Crippen molar-refractivity contribution in [2.45, 2.75) is 91.9 Å². The molecule has 5 rings (SSSR count). The van der Waals surface area contributed by atoms with Crippen LogP contribution < -0.4 is 0 Å². The average molecular weight is 413 g/mol. The van der Waals surface area contributed by atoms with Gasteiger partial charge in [-0.3, -0.25) is 0 Å². The van der Waals surface area contributed by atoms with Crippen LogP contribution in [0.3, 0.4) is 0 Å². The van der Waals surface area contributed by atoms with E-state index in [4.69, 9.17) is 9.25 Å². The van der Waals surface area contributed by atoms with Crippen molar-refractivity contribution in [3.05, 3.63) is 17.8 Å². The Morgan fingerprint density at radius 1 is 1.10 bits per heavy atom. The normalized spacial score (nSPS) is 44.4. The molecule has 0 aliphatic heterocycles. The molecule has 0 radical (unpaired) electrons. The number of aryl methyl sites for hydroxylation is 1. The lowest BCUT2D eigenvalue weighted by Gasteiger charge is -2.60. The zero-order chi connectivity index (χ0) is 20.9. The summed E-state index contributed by atoms with van der Waals surface area (Å²) < 4.78 is 5.51. The number of hydrogen-bond acceptors (Lipinski definition) is 4. The number of nitrogens with zero attached hydrogens (tertiary/aromatic N) is 2. The Morgan fingerprint density at radius 2 is 1.93 bits per heavy atom. The van der Waals surface area contributed by atoms with Gasteiger partial charge in [0.15, 0.2) is 5.89 Å². The first-order valence-corrected chi connectivity index (χ1v) is 12.5. The van der Waals surface area contributed by atoms with Crippen LogP contribution in [0.25, 0.3) is 0 Å². The van der Waals surface area contributed by atoms with Crippen molar-refractivity contribution >= 4 is 5.71 Å². The molecule has 7 atom stereocenters. The number of hydrogen-bond donors (Lipinski definition) is 0. The molecule has 4 heteroatoms. The first kappa shape index (κ1) is 20.6. The van der Waals surface area contributed by atoms with Gasteiger partial charge in [0.2, 0.25) is 0 Å². The van der Waals surface area contributed by atoms with Crippen LogP contribution in [0.2, 0.25) is 0 Å². The van der Waals surface area contributed by atoms with Gasteiger partial charge < -0.3 is 9.25 Å². The predicted molar refractivity (Wildman–Crippen MR) is 119 cm³/mol. The van der Waals surface area contributed by atoms with Crippen molar-refractivity contribution in [3.63, 3.8) is 0 Å². The topological polar surface area (TPSA) is 47.6 Å². The van der Waals surface area contributed by atoms with E-state index in [1.807, 2.05) is 6.92 Å². The van der Waals surface area contributed by atoms with E-state index in [-0.39, 0.29) is 0 Å². The summed E-state index contributed by atoms with van der Waals surface area (Å²) in [5.74, 6) is 6.23. The molecule has 4 saturated carbocycles. The molecule has 0 amide bonds. The smallest absolute Gasteiger partial charge is 0.197 e. The summed E-state index contributed by atoms with van der Waals surface area (Å²) in [7, 11) is 0. The first-order chi connectivity index (χ1) is 14.4. The molecule has 4 aliphatic carbocycles. The number of fused-ring (bicyclic) bond motifs is 5. The maximum Gasteiger partial charge on any atom is 0.197 e. The Morgan fingerprint density at radius 3 is 2.73 bits per heavy atom. The van der Waals surface area contributed by atoms with E-state index in [2.05, 4.69) is 30.9 Å². The van der Waals surface area contributed by atoms with Crippen LogP contribution in [-0.2, 0) is 11.3 Å². The van der Waals surface area contributed by atoms with Gasteiger partial charge in [-0.15, -0.1) is 0 Å². The third-order valence-electron chi connectivity index (χ3n) is 10.2. The fourth-order valence-electron chi connectivity index (χ4n) is 8.19. The Kier molecular flexibility index (Phi) is 5.26. The van der Waals surface area contributed by atoms with Crippen LogP contribution in [0.1, 0.15) is 90.2 Å². The minimum absolute atomic E-state index is 0.519. The third kappa shape index (κ3) is 3.33. The van der Waals surface area contributed by atoms with E-state index in [0.29, 0.717) is 23.9 Å². The molecule has 30 heavy (non-hydrogen) atoms. The van der Waals surface area contributed by atoms with E-state index in [0.717, 1.165) is 54.1 Å². The maximum absolute atomic E-state index is 5.68. The Labute approximate surface area is 182 Å². The van der Waals surface area contributed by atoms with Crippen molar-refractivity contribution in [3.8, 4) is 0 Å². The SMILES string of the molecule is Cc1cnc(CCON=C2CC[C@@]3(C)C(CCC4C3CC[C@@]3(C)C4CC[C@@H]3C)C2)o1. The highest BCUT2D eigenvalue weighted by Gasteiger charge is 2.59. The minimum atomic E-state index is 0.519. The highest BCUT2D eigenvalue weighted by molar-refractivity contribution is 5.85. The number of oxazole rings is 1. The number of aromatic nitrogens is 1. The summed E-state index contributed by atoms with van der Waals surface area (Å²) in [6.45, 7) is 10.3. The zero-order valence-corrected chi connectivity index (χ0v) is 19.5. The lowest BCUT2D eigenvalue weighted by molar-refractivity contribution is -0.0994. The van der Waals surface area contributed by atoms with Gasteiger partial charge in [0.25, 0.3) is 0 Å².